The summed E-state index contributed by atoms with van der Waals surface area (Å²) in [5.74, 6) is -0.672. The number of unbranched alkanes of at least 4 members (excludes halogenated alkanes) is 2. The van der Waals surface area contributed by atoms with Crippen LogP contribution in [-0.2, 0) is 17.6 Å². The number of H-pyrrole nitrogens is 1. The Kier molecular flexibility index (Phi) is 18.3. The lowest BCUT2D eigenvalue weighted by atomic mass is 9.99. The summed E-state index contributed by atoms with van der Waals surface area (Å²) in [6.45, 7) is 0.121. The van der Waals surface area contributed by atoms with Crippen molar-refractivity contribution in [2.45, 2.75) is 81.8 Å². The fraction of sp³-hybridized carbons (Fsp3) is 0.474. The summed E-state index contributed by atoms with van der Waals surface area (Å²) in [4.78, 5) is 39.2. The molecule has 4 aromatic rings. The molecule has 2 aromatic carbocycles. The molecule has 2 amide bonds. The standard InChI is InChI=1S/C38H54ClN13O7/c1-52(26(36-48-50-51-49-36)7-3-4-18-43-20-27(54)31(57)32(58)28(55)21-53)29(56)17-12-23-10-15-25(16-11-23)24-13-8-22(9-14-24)6-2-5-19-44-38(42)47-37(59)30-34(40)46-35(41)33(39)45-30/h8-11,13-16,26-28,31-32,43,53-55,57-58H,2-7,12,17-21H2,1H3,(H4,40,41,46)(H3,42,44,47,59)(H,48,49,50,51). The van der Waals surface area contributed by atoms with Crippen LogP contribution in [0.4, 0.5) is 11.6 Å². The number of hydrogen-bond donors (Lipinski definition) is 11. The number of aromatic nitrogens is 6. The number of carbonyl (C=O) groups is 2. The van der Waals surface area contributed by atoms with Crippen molar-refractivity contribution in [3.05, 3.63) is 76.3 Å². The van der Waals surface area contributed by atoms with Crippen LogP contribution in [0.5, 0.6) is 0 Å². The maximum Gasteiger partial charge on any atom is 0.280 e. The number of rotatable bonds is 23. The number of aromatic amines is 1. The third-order valence-corrected chi connectivity index (χ3v) is 9.94. The zero-order valence-electron chi connectivity index (χ0n) is 32.8. The fourth-order valence-corrected chi connectivity index (χ4v) is 6.25. The number of nitrogen functional groups attached to an aromatic ring is 2. The van der Waals surface area contributed by atoms with E-state index in [0.717, 1.165) is 36.0 Å². The average molecular weight is 840 g/mol. The maximum absolute atomic E-state index is 13.3. The van der Waals surface area contributed by atoms with Gasteiger partial charge < -0.3 is 53.0 Å². The number of halogens is 1. The second kappa shape index (κ2) is 23.3. The molecule has 0 spiro atoms. The summed E-state index contributed by atoms with van der Waals surface area (Å²) in [5.41, 5.74) is 21.2. The van der Waals surface area contributed by atoms with Crippen LogP contribution < -0.4 is 27.8 Å². The molecule has 59 heavy (non-hydrogen) atoms. The van der Waals surface area contributed by atoms with Crippen LogP contribution in [0.25, 0.3) is 11.1 Å². The number of carbonyl (C=O) groups excluding carboxylic acids is 2. The van der Waals surface area contributed by atoms with Gasteiger partial charge in [-0.1, -0.05) is 65.3 Å². The van der Waals surface area contributed by atoms with Gasteiger partial charge in [0.05, 0.1) is 18.8 Å². The molecule has 0 saturated heterocycles. The predicted octanol–water partition coefficient (Wildman–Crippen LogP) is -0.130. The van der Waals surface area contributed by atoms with E-state index in [4.69, 9.17) is 33.9 Å². The van der Waals surface area contributed by atoms with Crippen molar-refractivity contribution in [1.29, 1.82) is 0 Å². The second-order valence-electron chi connectivity index (χ2n) is 14.0. The molecule has 5 unspecified atom stereocenters. The molecule has 0 fully saturated rings. The molecule has 2 aromatic heterocycles. The summed E-state index contributed by atoms with van der Waals surface area (Å²) in [6.07, 6.45) is -1.02. The van der Waals surface area contributed by atoms with E-state index < -0.39 is 43.0 Å². The molecular weight excluding hydrogens is 786 g/mol. The smallest absolute Gasteiger partial charge is 0.280 e. The van der Waals surface area contributed by atoms with Crippen LogP contribution in [0, 0.1) is 0 Å². The van der Waals surface area contributed by atoms with Gasteiger partial charge >= 0.3 is 0 Å². The van der Waals surface area contributed by atoms with Crippen molar-refractivity contribution in [1.82, 2.24) is 46.1 Å². The predicted molar refractivity (Wildman–Crippen MR) is 220 cm³/mol. The number of anilines is 2. The fourth-order valence-electron chi connectivity index (χ4n) is 6.12. The molecule has 20 nitrogen and oxygen atoms in total. The van der Waals surface area contributed by atoms with E-state index in [1.165, 1.54) is 5.56 Å². The van der Waals surface area contributed by atoms with E-state index in [-0.39, 0.29) is 47.3 Å². The number of guanidine groups is 1. The maximum atomic E-state index is 13.3. The Labute approximate surface area is 346 Å². The van der Waals surface area contributed by atoms with Gasteiger partial charge in [-0.05, 0) is 73.7 Å². The molecule has 0 aliphatic rings. The van der Waals surface area contributed by atoms with Crippen molar-refractivity contribution in [3.63, 3.8) is 0 Å². The first kappa shape index (κ1) is 46.3. The molecule has 14 N–H and O–H groups in total. The summed E-state index contributed by atoms with van der Waals surface area (Å²) >= 11 is 5.84. The number of aliphatic hydroxyl groups excluding tert-OH is 5. The zero-order chi connectivity index (χ0) is 42.9. The van der Waals surface area contributed by atoms with Crippen LogP contribution >= 0.6 is 11.6 Å². The van der Waals surface area contributed by atoms with Crippen molar-refractivity contribution >= 4 is 41.0 Å². The minimum atomic E-state index is -1.68. The first-order chi connectivity index (χ1) is 28.3. The zero-order valence-corrected chi connectivity index (χ0v) is 33.5. The highest BCUT2D eigenvalue weighted by Gasteiger charge is 2.30. The molecular formula is C38H54ClN13O7. The topological polar surface area (TPSA) is 333 Å². The van der Waals surface area contributed by atoms with Gasteiger partial charge in [-0.3, -0.25) is 19.9 Å². The third-order valence-electron chi connectivity index (χ3n) is 9.67. The minimum Gasteiger partial charge on any atom is -0.394 e. The van der Waals surface area contributed by atoms with Crippen LogP contribution in [-0.4, -0.2) is 137 Å². The second-order valence-corrected chi connectivity index (χ2v) is 14.4. The van der Waals surface area contributed by atoms with Crippen molar-refractivity contribution in [2.24, 2.45) is 10.7 Å². The van der Waals surface area contributed by atoms with Gasteiger partial charge in [0.2, 0.25) is 5.91 Å². The molecule has 0 aliphatic carbocycles. The number of aliphatic hydroxyl groups is 5. The molecule has 0 bridgehead atoms. The van der Waals surface area contributed by atoms with Crippen molar-refractivity contribution in [2.75, 3.05) is 44.8 Å². The quantitative estimate of drug-likeness (QED) is 0.0263. The van der Waals surface area contributed by atoms with E-state index in [1.807, 2.05) is 24.3 Å². The van der Waals surface area contributed by atoms with Crippen molar-refractivity contribution in [3.8, 4) is 11.1 Å². The van der Waals surface area contributed by atoms with E-state index in [9.17, 15) is 30.0 Å². The molecule has 0 saturated carbocycles. The Bertz CT molecular complexity index is 1940. The van der Waals surface area contributed by atoms with Gasteiger partial charge in [0.25, 0.3) is 5.91 Å². The van der Waals surface area contributed by atoms with Gasteiger partial charge in [0, 0.05) is 26.6 Å². The number of nitrogens with zero attached hydrogens (tertiary/aromatic N) is 7. The number of amides is 2. The van der Waals surface area contributed by atoms with E-state index in [0.29, 0.717) is 44.6 Å². The number of aryl methyl sites for hydroxylation is 2. The highest BCUT2D eigenvalue weighted by Crippen LogP contribution is 2.25. The summed E-state index contributed by atoms with van der Waals surface area (Å²) in [6, 6.07) is 16.1. The van der Waals surface area contributed by atoms with Gasteiger partial charge in [-0.2, -0.15) is 5.21 Å². The Balaban J connectivity index is 1.16. The van der Waals surface area contributed by atoms with Crippen molar-refractivity contribution < 1.29 is 35.1 Å². The Morgan fingerprint density at radius 1 is 0.881 bits per heavy atom. The lowest BCUT2D eigenvalue weighted by Crippen LogP contribution is -2.49. The van der Waals surface area contributed by atoms with E-state index >= 15 is 0 Å². The Morgan fingerprint density at radius 2 is 1.53 bits per heavy atom. The number of aliphatic imine (C=N–C) groups is 1. The summed E-state index contributed by atoms with van der Waals surface area (Å²) < 4.78 is 0. The van der Waals surface area contributed by atoms with Gasteiger partial charge in [-0.15, -0.1) is 10.2 Å². The van der Waals surface area contributed by atoms with E-state index in [2.05, 4.69) is 70.5 Å². The van der Waals surface area contributed by atoms with Gasteiger partial charge in [0.1, 0.15) is 18.3 Å². The van der Waals surface area contributed by atoms with Crippen LogP contribution in [0.1, 0.15) is 72.0 Å². The Hall–Kier alpha value is -5.35. The monoisotopic (exact) mass is 839 g/mol. The van der Waals surface area contributed by atoms with Crippen LogP contribution in [0.15, 0.2) is 53.5 Å². The lowest BCUT2D eigenvalue weighted by molar-refractivity contribution is -0.132. The Morgan fingerprint density at radius 3 is 2.15 bits per heavy atom. The minimum absolute atomic E-state index is 0.0311. The van der Waals surface area contributed by atoms with Crippen LogP contribution in [0.3, 0.4) is 0 Å². The first-order valence-electron chi connectivity index (χ1n) is 19.2. The molecule has 0 radical (unpaired) electrons. The highest BCUT2D eigenvalue weighted by molar-refractivity contribution is 6.31. The number of hydrogen-bond acceptors (Lipinski definition) is 16. The molecule has 5 atom stereocenters. The first-order valence-corrected chi connectivity index (χ1v) is 19.6. The van der Waals surface area contributed by atoms with Gasteiger partial charge in [0.15, 0.2) is 34.3 Å². The van der Waals surface area contributed by atoms with Gasteiger partial charge in [-0.25, -0.2) is 9.97 Å². The third kappa shape index (κ3) is 14.2. The normalized spacial score (nSPS) is 14.3. The largest absolute Gasteiger partial charge is 0.394 e. The van der Waals surface area contributed by atoms with Crippen LogP contribution in [0.2, 0.25) is 5.15 Å². The molecule has 320 valence electrons. The van der Waals surface area contributed by atoms with E-state index in [1.54, 1.807) is 11.9 Å². The summed E-state index contributed by atoms with van der Waals surface area (Å²) in [7, 11) is 1.72. The molecule has 21 heteroatoms. The molecule has 0 aliphatic heterocycles. The average Bonchev–Trinajstić information content (AvgIpc) is 3.77. The number of benzene rings is 2. The molecule has 2 heterocycles. The highest BCUT2D eigenvalue weighted by atomic mass is 35.5. The number of tetrazole rings is 1. The number of nitrogens with two attached hydrogens (primary N) is 3. The lowest BCUT2D eigenvalue weighted by Gasteiger charge is -2.26. The molecule has 4 rings (SSSR count). The SMILES string of the molecule is CN(C(=O)CCc1ccc(-c2ccc(CCCCN=C(N)NC(=O)c3nc(Cl)c(N)nc3N)cc2)cc1)C(CCCCNCC(O)C(O)C(O)C(O)CO)c1nn[nH]n1. The summed E-state index contributed by atoms with van der Waals surface area (Å²) in [5, 5.41) is 67.9. The number of nitrogens with one attached hydrogen (secondary N) is 3.